The molecule has 1 N–H and O–H groups in total. The number of rotatable bonds is 9. The average Bonchev–Trinajstić information content (AvgIpc) is 3.26. The highest BCUT2D eigenvalue weighted by Gasteiger charge is 2.65. The van der Waals surface area contributed by atoms with Gasteiger partial charge in [0.25, 0.3) is 5.56 Å². The fourth-order valence-electron chi connectivity index (χ4n) is 6.20. The molecule has 1 aromatic heterocycles. The Bertz CT molecular complexity index is 1170. The molecular weight excluding hydrogens is 496 g/mol. The van der Waals surface area contributed by atoms with Crippen molar-refractivity contribution in [2.75, 3.05) is 6.61 Å². The summed E-state index contributed by atoms with van der Waals surface area (Å²) >= 11 is 1.48. The third-order valence-electron chi connectivity index (χ3n) is 7.58. The van der Waals surface area contributed by atoms with E-state index in [0.29, 0.717) is 16.6 Å². The van der Waals surface area contributed by atoms with E-state index in [1.807, 2.05) is 30.3 Å². The van der Waals surface area contributed by atoms with Crippen LogP contribution >= 0.6 is 11.8 Å². The van der Waals surface area contributed by atoms with Gasteiger partial charge in [0, 0.05) is 17.2 Å². The van der Waals surface area contributed by atoms with Crippen molar-refractivity contribution < 1.29 is 18.7 Å². The molecule has 0 amide bonds. The maximum atomic E-state index is 12.9. The van der Waals surface area contributed by atoms with Crippen LogP contribution in [0.15, 0.2) is 57.1 Å². The molecule has 0 unspecified atom stereocenters. The largest absolute Gasteiger partial charge is 0.458 e. The molecule has 2 aliphatic heterocycles. The number of nitrogens with one attached hydrogen (secondary N) is 1. The van der Waals surface area contributed by atoms with E-state index >= 15 is 0 Å². The molecule has 0 aliphatic carbocycles. The van der Waals surface area contributed by atoms with Crippen LogP contribution in [0.4, 0.5) is 0 Å². The zero-order chi connectivity index (χ0) is 26.3. The topological polar surface area (TPSA) is 99.6 Å². The summed E-state index contributed by atoms with van der Waals surface area (Å²) in [6.45, 7) is 13.6. The summed E-state index contributed by atoms with van der Waals surface area (Å²) in [5.74, 6) is -0.334. The van der Waals surface area contributed by atoms with Crippen LogP contribution in [0.5, 0.6) is 0 Å². The minimum absolute atomic E-state index is 0.0745. The van der Waals surface area contributed by atoms with Crippen molar-refractivity contribution in [2.45, 2.75) is 92.7 Å². The normalized spacial score (nSPS) is 26.1. The molecule has 8 nitrogen and oxygen atoms in total. The molecule has 1 aromatic carbocycles. The molecule has 36 heavy (non-hydrogen) atoms. The second-order valence-electron chi connectivity index (χ2n) is 10.6. The van der Waals surface area contributed by atoms with Crippen molar-refractivity contribution in [3.05, 3.63) is 63.4 Å². The summed E-state index contributed by atoms with van der Waals surface area (Å²) in [5.41, 5.74) is 0.0644. The van der Waals surface area contributed by atoms with E-state index < -0.39 is 42.7 Å². The van der Waals surface area contributed by atoms with Crippen molar-refractivity contribution >= 4 is 26.0 Å². The van der Waals surface area contributed by atoms with Gasteiger partial charge in [-0.3, -0.25) is 19.1 Å². The molecule has 10 heteroatoms. The van der Waals surface area contributed by atoms with Crippen LogP contribution in [0.1, 0.15) is 54.2 Å². The Labute approximate surface area is 216 Å². The first-order chi connectivity index (χ1) is 17.0. The van der Waals surface area contributed by atoms with Gasteiger partial charge in [0.15, 0.2) is 20.6 Å². The van der Waals surface area contributed by atoms with E-state index in [1.165, 1.54) is 28.6 Å². The highest BCUT2D eigenvalue weighted by molar-refractivity contribution is 8.00. The number of hydrogen-bond acceptors (Lipinski definition) is 7. The first-order valence-electron chi connectivity index (χ1n) is 12.6. The van der Waals surface area contributed by atoms with Crippen molar-refractivity contribution in [3.63, 3.8) is 0 Å². The standard InChI is InChI=1S/C26H36N2O6SSi/c1-16(2)36(17(3)4,18(5)6)32-15-20-23-26(14-22(30)34-23,35-19-10-8-7-9-11-19)24(33-20)28-13-12-21(29)27-25(28)31/h7-13,16-18,20,23-24H,14-15H2,1-6H3,(H,27,29,31)/t20-,23-,24-,26+/m1/s1. The van der Waals surface area contributed by atoms with Gasteiger partial charge in [0.1, 0.15) is 10.9 Å². The van der Waals surface area contributed by atoms with Crippen molar-refractivity contribution in [1.29, 1.82) is 0 Å². The van der Waals surface area contributed by atoms with Crippen LogP contribution in [-0.2, 0) is 18.7 Å². The van der Waals surface area contributed by atoms with Gasteiger partial charge in [-0.2, -0.15) is 0 Å². The van der Waals surface area contributed by atoms with Gasteiger partial charge in [-0.1, -0.05) is 59.7 Å². The number of esters is 1. The molecule has 0 saturated carbocycles. The molecule has 3 heterocycles. The Morgan fingerprint density at radius 3 is 2.28 bits per heavy atom. The Morgan fingerprint density at radius 1 is 1.06 bits per heavy atom. The summed E-state index contributed by atoms with van der Waals surface area (Å²) in [7, 11) is -2.22. The summed E-state index contributed by atoms with van der Waals surface area (Å²) in [5, 5.41) is 0. The van der Waals surface area contributed by atoms with E-state index in [9.17, 15) is 14.4 Å². The van der Waals surface area contributed by atoms with Crippen molar-refractivity contribution in [2.24, 2.45) is 0 Å². The first-order valence-corrected chi connectivity index (χ1v) is 15.5. The number of benzene rings is 1. The Hall–Kier alpha value is -2.14. The minimum Gasteiger partial charge on any atom is -0.458 e. The van der Waals surface area contributed by atoms with Crippen LogP contribution in [0.25, 0.3) is 0 Å². The maximum Gasteiger partial charge on any atom is 0.330 e. The van der Waals surface area contributed by atoms with Crippen molar-refractivity contribution in [1.82, 2.24) is 9.55 Å². The molecule has 0 spiro atoms. The SMILES string of the molecule is CC(C)[Si](OC[C@H]1O[C@@H](n2ccc(=O)[nH]c2=O)[C@]2(Sc3ccccc3)CC(=O)O[C@H]12)(C(C)C)C(C)C. The number of aromatic nitrogens is 2. The van der Waals surface area contributed by atoms with E-state index in [4.69, 9.17) is 13.9 Å². The minimum atomic E-state index is -2.22. The van der Waals surface area contributed by atoms with Crippen LogP contribution in [0.2, 0.25) is 16.6 Å². The predicted molar refractivity (Wildman–Crippen MR) is 142 cm³/mol. The zero-order valence-corrected chi connectivity index (χ0v) is 23.5. The molecule has 196 valence electrons. The fraction of sp³-hybridized carbons (Fsp3) is 0.577. The number of ether oxygens (including phenoxy) is 2. The highest BCUT2D eigenvalue weighted by Crippen LogP contribution is 2.57. The van der Waals surface area contributed by atoms with Crippen LogP contribution in [0.3, 0.4) is 0 Å². The molecule has 4 rings (SSSR count). The van der Waals surface area contributed by atoms with E-state index in [1.54, 1.807) is 0 Å². The summed E-state index contributed by atoms with van der Waals surface area (Å²) in [4.78, 5) is 40.6. The number of fused-ring (bicyclic) bond motifs is 1. The Morgan fingerprint density at radius 2 is 1.69 bits per heavy atom. The first kappa shape index (κ1) is 26.9. The lowest BCUT2D eigenvalue weighted by Gasteiger charge is -2.42. The molecule has 0 radical (unpaired) electrons. The number of carbonyl (C=O) groups is 1. The number of hydrogen-bond donors (Lipinski definition) is 1. The Kier molecular flexibility index (Phi) is 7.71. The summed E-state index contributed by atoms with van der Waals surface area (Å²) in [6, 6.07) is 11.0. The van der Waals surface area contributed by atoms with Gasteiger partial charge in [-0.05, 0) is 28.8 Å². The number of aromatic amines is 1. The van der Waals surface area contributed by atoms with E-state index in [-0.39, 0.29) is 19.0 Å². The second-order valence-corrected chi connectivity index (χ2v) is 17.5. The van der Waals surface area contributed by atoms with Gasteiger partial charge in [0.2, 0.25) is 0 Å². The lowest BCUT2D eigenvalue weighted by atomic mass is 9.97. The lowest BCUT2D eigenvalue weighted by Crippen LogP contribution is -2.50. The maximum absolute atomic E-state index is 12.9. The molecule has 2 fully saturated rings. The molecular formula is C26H36N2O6SSi. The van der Waals surface area contributed by atoms with Gasteiger partial charge in [-0.25, -0.2) is 4.79 Å². The predicted octanol–water partition coefficient (Wildman–Crippen LogP) is 4.47. The molecule has 2 aliphatic rings. The average molecular weight is 533 g/mol. The fourth-order valence-corrected chi connectivity index (χ4v) is 13.2. The van der Waals surface area contributed by atoms with Crippen LogP contribution in [-0.4, -0.2) is 47.4 Å². The Balaban J connectivity index is 1.75. The smallest absolute Gasteiger partial charge is 0.330 e. The monoisotopic (exact) mass is 532 g/mol. The molecule has 2 aromatic rings. The molecule has 4 atom stereocenters. The lowest BCUT2D eigenvalue weighted by molar-refractivity contribution is -0.147. The second kappa shape index (κ2) is 10.3. The summed E-state index contributed by atoms with van der Waals surface area (Å²) in [6.07, 6.45) is -0.495. The van der Waals surface area contributed by atoms with Gasteiger partial charge in [0.05, 0.1) is 13.0 Å². The van der Waals surface area contributed by atoms with E-state index in [0.717, 1.165) is 4.90 Å². The van der Waals surface area contributed by atoms with Gasteiger partial charge >= 0.3 is 11.7 Å². The zero-order valence-electron chi connectivity index (χ0n) is 21.7. The van der Waals surface area contributed by atoms with Crippen LogP contribution in [0, 0.1) is 0 Å². The highest BCUT2D eigenvalue weighted by atomic mass is 32.2. The van der Waals surface area contributed by atoms with Gasteiger partial charge in [-0.15, -0.1) is 11.8 Å². The third-order valence-corrected chi connectivity index (χ3v) is 15.1. The molecule has 0 bridgehead atoms. The van der Waals surface area contributed by atoms with Gasteiger partial charge < -0.3 is 13.9 Å². The number of H-pyrrole nitrogens is 1. The third kappa shape index (κ3) is 4.64. The molecule has 2 saturated heterocycles. The van der Waals surface area contributed by atoms with Crippen LogP contribution < -0.4 is 11.2 Å². The number of nitrogens with zero attached hydrogens (tertiary/aromatic N) is 1. The quantitative estimate of drug-likeness (QED) is 0.376. The number of thioether (sulfide) groups is 1. The number of carbonyl (C=O) groups excluding carboxylic acids is 1. The van der Waals surface area contributed by atoms with Crippen molar-refractivity contribution in [3.8, 4) is 0 Å². The van der Waals surface area contributed by atoms with E-state index in [2.05, 4.69) is 46.5 Å². The summed E-state index contributed by atoms with van der Waals surface area (Å²) < 4.78 is 19.7.